The quantitative estimate of drug-likeness (QED) is 0.588. The number of aromatic hydroxyl groups is 1. The monoisotopic (exact) mass is 468 g/mol. The first-order valence-corrected chi connectivity index (χ1v) is 11.6. The summed E-state index contributed by atoms with van der Waals surface area (Å²) in [5.74, 6) is 1.51. The van der Waals surface area contributed by atoms with Gasteiger partial charge in [-0.2, -0.15) is 15.1 Å². The third kappa shape index (κ3) is 5.14. The van der Waals surface area contributed by atoms with Gasteiger partial charge in [0, 0.05) is 24.7 Å². The van der Waals surface area contributed by atoms with Gasteiger partial charge in [0.25, 0.3) is 0 Å². The number of benzene rings is 1. The number of morpholine rings is 1. The number of nitrogens with zero attached hydrogens (tertiary/aromatic N) is 5. The maximum absolute atomic E-state index is 11.6. The zero-order chi connectivity index (χ0) is 23.3. The van der Waals surface area contributed by atoms with Gasteiger partial charge < -0.3 is 29.1 Å². The van der Waals surface area contributed by atoms with E-state index >= 15 is 0 Å². The first kappa shape index (κ1) is 22.2. The summed E-state index contributed by atoms with van der Waals surface area (Å²) in [6, 6.07) is 7.45. The number of amides is 1. The molecule has 2 aliphatic heterocycles. The van der Waals surface area contributed by atoms with Crippen molar-refractivity contribution in [2.24, 2.45) is 5.10 Å². The Labute approximate surface area is 197 Å². The average molecular weight is 469 g/mol. The maximum atomic E-state index is 11.6. The van der Waals surface area contributed by atoms with Crippen LogP contribution in [0.3, 0.4) is 0 Å². The van der Waals surface area contributed by atoms with E-state index < -0.39 is 0 Å². The van der Waals surface area contributed by atoms with E-state index in [0.717, 1.165) is 55.0 Å². The number of fused-ring (bicyclic) bond motifs is 1. The van der Waals surface area contributed by atoms with Crippen molar-refractivity contribution in [3.8, 4) is 11.8 Å². The highest BCUT2D eigenvalue weighted by molar-refractivity contribution is 6.03. The van der Waals surface area contributed by atoms with Crippen molar-refractivity contribution in [2.45, 2.75) is 19.3 Å². The van der Waals surface area contributed by atoms with Crippen LogP contribution in [0.25, 0.3) is 0 Å². The summed E-state index contributed by atoms with van der Waals surface area (Å²) in [6.45, 7) is 4.32. The van der Waals surface area contributed by atoms with Crippen molar-refractivity contribution in [3.63, 3.8) is 0 Å². The van der Waals surface area contributed by atoms with Crippen LogP contribution in [0.5, 0.6) is 11.8 Å². The minimum Gasteiger partial charge on any atom is -0.508 e. The molecule has 0 atom stereocenters. The summed E-state index contributed by atoms with van der Waals surface area (Å²) in [4.78, 5) is 24.4. The number of aryl methyl sites for hydroxylation is 1. The van der Waals surface area contributed by atoms with Crippen molar-refractivity contribution < 1.29 is 24.1 Å². The lowest BCUT2D eigenvalue weighted by molar-refractivity contribution is 0.122. The van der Waals surface area contributed by atoms with Crippen molar-refractivity contribution in [2.75, 3.05) is 62.9 Å². The second-order valence-corrected chi connectivity index (χ2v) is 8.31. The predicted octanol–water partition coefficient (Wildman–Crippen LogP) is 2.00. The largest absolute Gasteiger partial charge is 0.508 e. The summed E-state index contributed by atoms with van der Waals surface area (Å²) in [5, 5.41) is 14.4. The van der Waals surface area contributed by atoms with E-state index in [4.69, 9.17) is 14.2 Å². The number of carbonyl (C=O) groups is 1. The molecule has 0 saturated carbocycles. The van der Waals surface area contributed by atoms with Gasteiger partial charge in [-0.15, -0.1) is 0 Å². The second-order valence-electron chi connectivity index (χ2n) is 8.31. The van der Waals surface area contributed by atoms with E-state index in [1.165, 1.54) is 0 Å². The number of phenols is 1. The van der Waals surface area contributed by atoms with Gasteiger partial charge in [-0.3, -0.25) is 5.43 Å². The average Bonchev–Trinajstić information content (AvgIpc) is 3.27. The molecule has 5 rings (SSSR count). The van der Waals surface area contributed by atoms with E-state index in [1.54, 1.807) is 17.0 Å². The highest BCUT2D eigenvalue weighted by Crippen LogP contribution is 2.26. The Morgan fingerprint density at radius 3 is 2.82 bits per heavy atom. The van der Waals surface area contributed by atoms with Gasteiger partial charge >= 0.3 is 12.1 Å². The Bertz CT molecular complexity index is 1070. The number of cyclic esters (lactones) is 1. The molecule has 1 aliphatic carbocycles. The lowest BCUT2D eigenvalue weighted by atomic mass is 9.90. The van der Waals surface area contributed by atoms with E-state index in [1.807, 2.05) is 12.1 Å². The Morgan fingerprint density at radius 1 is 1.12 bits per heavy atom. The van der Waals surface area contributed by atoms with Crippen LogP contribution in [-0.2, 0) is 15.9 Å². The summed E-state index contributed by atoms with van der Waals surface area (Å²) in [6.07, 6.45) is 2.39. The molecule has 180 valence electrons. The number of phenolic OH excluding ortho intramolecular Hbond substituents is 1. The number of ether oxygens (including phenoxy) is 3. The van der Waals surface area contributed by atoms with Gasteiger partial charge in [0.15, 0.2) is 5.82 Å². The van der Waals surface area contributed by atoms with E-state index in [9.17, 15) is 9.90 Å². The predicted molar refractivity (Wildman–Crippen MR) is 125 cm³/mol. The smallest absolute Gasteiger partial charge is 0.410 e. The molecule has 11 nitrogen and oxygen atoms in total. The molecule has 0 unspecified atom stereocenters. The van der Waals surface area contributed by atoms with Gasteiger partial charge in [-0.25, -0.2) is 4.79 Å². The zero-order valence-electron chi connectivity index (χ0n) is 18.9. The fourth-order valence-electron chi connectivity index (χ4n) is 4.26. The lowest BCUT2D eigenvalue weighted by Crippen LogP contribution is -2.37. The van der Waals surface area contributed by atoms with Crippen LogP contribution in [0.4, 0.5) is 16.4 Å². The van der Waals surface area contributed by atoms with Crippen LogP contribution in [0.15, 0.2) is 29.4 Å². The van der Waals surface area contributed by atoms with Gasteiger partial charge in [0.1, 0.15) is 24.8 Å². The van der Waals surface area contributed by atoms with Crippen molar-refractivity contribution in [1.82, 2.24) is 14.9 Å². The molecule has 1 aromatic carbocycles. The van der Waals surface area contributed by atoms with E-state index in [-0.39, 0.29) is 24.5 Å². The third-order valence-electron chi connectivity index (χ3n) is 6.03. The number of hydrazone groups is 1. The molecular formula is C23H28N6O5. The van der Waals surface area contributed by atoms with Crippen molar-refractivity contribution in [1.29, 1.82) is 0 Å². The number of anilines is 2. The Kier molecular flexibility index (Phi) is 6.61. The molecule has 2 N–H and O–H groups in total. The normalized spacial score (nSPS) is 19.2. The molecule has 2 saturated heterocycles. The minimum absolute atomic E-state index is 0.216. The van der Waals surface area contributed by atoms with Crippen LogP contribution < -0.4 is 15.1 Å². The van der Waals surface area contributed by atoms with Gasteiger partial charge in [0.2, 0.25) is 0 Å². The van der Waals surface area contributed by atoms with E-state index in [2.05, 4.69) is 25.4 Å². The Morgan fingerprint density at radius 2 is 2.00 bits per heavy atom. The van der Waals surface area contributed by atoms with Crippen LogP contribution in [0, 0.1) is 0 Å². The zero-order valence-corrected chi connectivity index (χ0v) is 18.9. The highest BCUT2D eigenvalue weighted by Gasteiger charge is 2.22. The summed E-state index contributed by atoms with van der Waals surface area (Å²) in [7, 11) is 0. The molecule has 3 heterocycles. The molecule has 0 radical (unpaired) electrons. The van der Waals surface area contributed by atoms with Crippen LogP contribution in [0.2, 0.25) is 0 Å². The lowest BCUT2D eigenvalue weighted by Gasteiger charge is -2.28. The molecule has 34 heavy (non-hydrogen) atoms. The maximum Gasteiger partial charge on any atom is 0.410 e. The Balaban J connectivity index is 1.34. The standard InChI is InChI=1S/C23H28N6O5/c30-17-4-5-18-16(14-17)2-1-3-19(18)26-27-20-15-21(28-6-10-32-11-7-28)25-22(24-20)33-12-8-29-9-13-34-23(29)31/h4-5,14-15,30H,1-3,6-13H2,(H,24,25,27). The molecule has 0 spiro atoms. The fraction of sp³-hybridized carbons (Fsp3) is 0.478. The Hall–Kier alpha value is -3.60. The molecule has 1 amide bonds. The van der Waals surface area contributed by atoms with Crippen LogP contribution in [-0.4, -0.2) is 84.4 Å². The number of nitrogens with one attached hydrogen (secondary N) is 1. The summed E-state index contributed by atoms with van der Waals surface area (Å²) < 4.78 is 16.2. The number of hydrogen-bond donors (Lipinski definition) is 2. The fourth-order valence-corrected chi connectivity index (χ4v) is 4.26. The highest BCUT2D eigenvalue weighted by atomic mass is 16.6. The SMILES string of the molecule is O=C1OCCN1CCOc1nc(NN=C2CCCc3cc(O)ccc32)cc(N2CCOCC2)n1. The third-order valence-corrected chi connectivity index (χ3v) is 6.03. The number of carbonyl (C=O) groups excluding carboxylic acids is 1. The van der Waals surface area contributed by atoms with Gasteiger partial charge in [-0.1, -0.05) is 0 Å². The van der Waals surface area contributed by atoms with Gasteiger partial charge in [0.05, 0.1) is 32.0 Å². The number of hydrogen-bond acceptors (Lipinski definition) is 10. The molecule has 11 heteroatoms. The number of rotatable bonds is 7. The van der Waals surface area contributed by atoms with Crippen LogP contribution in [0.1, 0.15) is 24.0 Å². The molecule has 1 aromatic heterocycles. The van der Waals surface area contributed by atoms with Crippen molar-refractivity contribution >= 4 is 23.4 Å². The first-order chi connectivity index (χ1) is 16.7. The molecule has 2 aromatic rings. The molecule has 0 bridgehead atoms. The summed E-state index contributed by atoms with van der Waals surface area (Å²) >= 11 is 0. The minimum atomic E-state index is -0.328. The van der Waals surface area contributed by atoms with Gasteiger partial charge in [-0.05, 0) is 43.0 Å². The molecule has 2 fully saturated rings. The first-order valence-electron chi connectivity index (χ1n) is 11.6. The van der Waals surface area contributed by atoms with Crippen molar-refractivity contribution in [3.05, 3.63) is 35.4 Å². The molecule has 3 aliphatic rings. The second kappa shape index (κ2) is 10.1. The summed E-state index contributed by atoms with van der Waals surface area (Å²) in [5.41, 5.74) is 6.13. The molecular weight excluding hydrogens is 440 g/mol. The van der Waals surface area contributed by atoms with Crippen LogP contribution >= 0.6 is 0 Å². The number of aromatic nitrogens is 2. The van der Waals surface area contributed by atoms with E-state index in [0.29, 0.717) is 38.7 Å². The topological polar surface area (TPSA) is 122 Å².